The van der Waals surface area contributed by atoms with Crippen molar-refractivity contribution in [2.75, 3.05) is 7.11 Å². The Balaban J connectivity index is 2.21. The van der Waals surface area contributed by atoms with Crippen LogP contribution in [-0.2, 0) is 6.61 Å². The van der Waals surface area contributed by atoms with E-state index >= 15 is 0 Å². The van der Waals surface area contributed by atoms with Crippen LogP contribution in [0.3, 0.4) is 0 Å². The van der Waals surface area contributed by atoms with Crippen molar-refractivity contribution in [3.8, 4) is 11.5 Å². The maximum Gasteiger partial charge on any atom is 0.171 e. The van der Waals surface area contributed by atoms with Crippen LogP contribution in [0, 0.1) is 5.82 Å². The molecule has 0 aromatic heterocycles. The molecule has 0 saturated carbocycles. The normalized spacial score (nSPS) is 10.2. The van der Waals surface area contributed by atoms with Gasteiger partial charge in [-0.25, -0.2) is 4.39 Å². The summed E-state index contributed by atoms with van der Waals surface area (Å²) < 4.78 is 24.3. The standard InChI is InChI=1S/C15H12ClFO3/c1-19-14-7-2-4-10(15(14)17)9-20-13-6-3-5-12(16)11(13)8-18/h2-8H,9H2,1H3. The van der Waals surface area contributed by atoms with E-state index in [0.717, 1.165) is 0 Å². The van der Waals surface area contributed by atoms with E-state index in [-0.39, 0.29) is 17.9 Å². The number of hydrogen-bond acceptors (Lipinski definition) is 3. The summed E-state index contributed by atoms with van der Waals surface area (Å²) in [5.74, 6) is -0.0211. The molecule has 0 atom stereocenters. The van der Waals surface area contributed by atoms with Crippen LogP contribution in [0.25, 0.3) is 0 Å². The van der Waals surface area contributed by atoms with Gasteiger partial charge in [0.1, 0.15) is 12.4 Å². The van der Waals surface area contributed by atoms with Crippen molar-refractivity contribution in [3.63, 3.8) is 0 Å². The number of methoxy groups -OCH3 is 1. The molecule has 0 aliphatic heterocycles. The van der Waals surface area contributed by atoms with E-state index in [0.29, 0.717) is 22.6 Å². The Bertz CT molecular complexity index is 629. The highest BCUT2D eigenvalue weighted by atomic mass is 35.5. The molecule has 2 aromatic carbocycles. The molecule has 2 rings (SSSR count). The third-order valence-corrected chi connectivity index (χ3v) is 3.11. The second kappa shape index (κ2) is 6.39. The first-order valence-corrected chi connectivity index (χ1v) is 6.23. The van der Waals surface area contributed by atoms with Crippen LogP contribution in [0.5, 0.6) is 11.5 Å². The monoisotopic (exact) mass is 294 g/mol. The minimum Gasteiger partial charge on any atom is -0.494 e. The zero-order valence-electron chi connectivity index (χ0n) is 10.7. The molecule has 0 saturated heterocycles. The van der Waals surface area contributed by atoms with Gasteiger partial charge in [0.25, 0.3) is 0 Å². The van der Waals surface area contributed by atoms with E-state index in [4.69, 9.17) is 21.1 Å². The largest absolute Gasteiger partial charge is 0.494 e. The average molecular weight is 295 g/mol. The fraction of sp³-hybridized carbons (Fsp3) is 0.133. The van der Waals surface area contributed by atoms with Gasteiger partial charge in [-0.1, -0.05) is 29.8 Å². The van der Waals surface area contributed by atoms with E-state index in [2.05, 4.69) is 0 Å². The van der Waals surface area contributed by atoms with Crippen molar-refractivity contribution in [3.05, 3.63) is 58.4 Å². The highest BCUT2D eigenvalue weighted by Gasteiger charge is 2.11. The predicted octanol–water partition coefficient (Wildman–Crippen LogP) is 3.88. The summed E-state index contributed by atoms with van der Waals surface area (Å²) in [5.41, 5.74) is 0.582. The van der Waals surface area contributed by atoms with Crippen LogP contribution in [0.4, 0.5) is 4.39 Å². The Morgan fingerprint density at radius 1 is 1.20 bits per heavy atom. The van der Waals surface area contributed by atoms with Crippen molar-refractivity contribution in [2.24, 2.45) is 0 Å². The second-order valence-corrected chi connectivity index (χ2v) is 4.40. The molecule has 0 fully saturated rings. The molecule has 0 aliphatic carbocycles. The summed E-state index contributed by atoms with van der Waals surface area (Å²) in [6.07, 6.45) is 0.611. The Morgan fingerprint density at radius 2 is 1.90 bits per heavy atom. The number of hydrogen-bond donors (Lipinski definition) is 0. The first-order valence-electron chi connectivity index (χ1n) is 5.85. The second-order valence-electron chi connectivity index (χ2n) is 3.99. The molecule has 0 N–H and O–H groups in total. The minimum absolute atomic E-state index is 0.0236. The number of benzene rings is 2. The van der Waals surface area contributed by atoms with Crippen molar-refractivity contribution in [1.82, 2.24) is 0 Å². The third kappa shape index (κ3) is 2.91. The maximum absolute atomic E-state index is 13.9. The number of carbonyl (C=O) groups excluding carboxylic acids is 1. The van der Waals surface area contributed by atoms with Crippen LogP contribution in [0.2, 0.25) is 5.02 Å². The molecule has 0 heterocycles. The average Bonchev–Trinajstić information content (AvgIpc) is 2.46. The zero-order chi connectivity index (χ0) is 14.5. The number of carbonyl (C=O) groups is 1. The molecule has 0 bridgehead atoms. The van der Waals surface area contributed by atoms with Gasteiger partial charge < -0.3 is 9.47 Å². The smallest absolute Gasteiger partial charge is 0.171 e. The zero-order valence-corrected chi connectivity index (χ0v) is 11.5. The Morgan fingerprint density at radius 3 is 2.60 bits per heavy atom. The van der Waals surface area contributed by atoms with E-state index in [1.54, 1.807) is 30.3 Å². The molecule has 0 unspecified atom stereocenters. The van der Waals surface area contributed by atoms with E-state index in [9.17, 15) is 9.18 Å². The van der Waals surface area contributed by atoms with Crippen molar-refractivity contribution < 1.29 is 18.7 Å². The minimum atomic E-state index is -0.482. The van der Waals surface area contributed by atoms with Gasteiger partial charge in [0.05, 0.1) is 17.7 Å². The van der Waals surface area contributed by atoms with Gasteiger partial charge in [-0.3, -0.25) is 4.79 Å². The van der Waals surface area contributed by atoms with Gasteiger partial charge >= 0.3 is 0 Å². The van der Waals surface area contributed by atoms with Crippen LogP contribution in [-0.4, -0.2) is 13.4 Å². The summed E-state index contributed by atoms with van der Waals surface area (Å²) in [6, 6.07) is 9.63. The summed E-state index contributed by atoms with van der Waals surface area (Å²) in [4.78, 5) is 11.0. The molecular weight excluding hydrogens is 283 g/mol. The molecule has 0 radical (unpaired) electrons. The van der Waals surface area contributed by atoms with Crippen LogP contribution in [0.15, 0.2) is 36.4 Å². The highest BCUT2D eigenvalue weighted by Crippen LogP contribution is 2.26. The molecule has 20 heavy (non-hydrogen) atoms. The maximum atomic E-state index is 13.9. The molecule has 3 nitrogen and oxygen atoms in total. The Labute approximate surface area is 120 Å². The lowest BCUT2D eigenvalue weighted by molar-refractivity contribution is 0.111. The molecule has 0 spiro atoms. The highest BCUT2D eigenvalue weighted by molar-refractivity contribution is 6.33. The third-order valence-electron chi connectivity index (χ3n) is 2.78. The first kappa shape index (κ1) is 14.3. The molecule has 0 aliphatic rings. The Hall–Kier alpha value is -2.07. The van der Waals surface area contributed by atoms with Crippen molar-refractivity contribution >= 4 is 17.9 Å². The molecule has 2 aromatic rings. The molecule has 5 heteroatoms. The summed E-state index contributed by atoms with van der Waals surface area (Å²) in [5, 5.41) is 0.295. The van der Waals surface area contributed by atoms with Crippen LogP contribution < -0.4 is 9.47 Å². The lowest BCUT2D eigenvalue weighted by atomic mass is 10.2. The summed E-state index contributed by atoms with van der Waals surface area (Å²) >= 11 is 5.88. The van der Waals surface area contributed by atoms with Crippen LogP contribution in [0.1, 0.15) is 15.9 Å². The van der Waals surface area contributed by atoms with Gasteiger partial charge in [0.15, 0.2) is 17.9 Å². The van der Waals surface area contributed by atoms with Crippen molar-refractivity contribution in [2.45, 2.75) is 6.61 Å². The van der Waals surface area contributed by atoms with Gasteiger partial charge in [-0.2, -0.15) is 0 Å². The van der Waals surface area contributed by atoms with Crippen LogP contribution >= 0.6 is 11.6 Å². The van der Waals surface area contributed by atoms with E-state index in [1.165, 1.54) is 13.2 Å². The van der Waals surface area contributed by atoms with E-state index in [1.807, 2.05) is 0 Å². The van der Waals surface area contributed by atoms with Gasteiger partial charge in [0.2, 0.25) is 0 Å². The molecule has 0 amide bonds. The fourth-order valence-corrected chi connectivity index (χ4v) is 1.95. The lowest BCUT2D eigenvalue weighted by Gasteiger charge is -2.11. The SMILES string of the molecule is COc1cccc(COc2cccc(Cl)c2C=O)c1F. The summed E-state index contributed by atoms with van der Waals surface area (Å²) in [7, 11) is 1.39. The quantitative estimate of drug-likeness (QED) is 0.785. The predicted molar refractivity (Wildman–Crippen MR) is 74.1 cm³/mol. The summed E-state index contributed by atoms with van der Waals surface area (Å²) in [6.45, 7) is -0.0236. The lowest BCUT2D eigenvalue weighted by Crippen LogP contribution is -2.02. The topological polar surface area (TPSA) is 35.5 Å². The molecular formula is C15H12ClFO3. The Kier molecular flexibility index (Phi) is 4.58. The van der Waals surface area contributed by atoms with Gasteiger partial charge in [-0.15, -0.1) is 0 Å². The number of halogens is 2. The van der Waals surface area contributed by atoms with Gasteiger partial charge in [0, 0.05) is 5.56 Å². The first-order chi connectivity index (χ1) is 9.67. The van der Waals surface area contributed by atoms with E-state index < -0.39 is 5.82 Å². The van der Waals surface area contributed by atoms with Gasteiger partial charge in [-0.05, 0) is 18.2 Å². The molecule has 104 valence electrons. The number of aldehydes is 1. The van der Waals surface area contributed by atoms with Crippen molar-refractivity contribution in [1.29, 1.82) is 0 Å². The number of rotatable bonds is 5. The number of ether oxygens (including phenoxy) is 2. The fourth-order valence-electron chi connectivity index (χ4n) is 1.74.